The van der Waals surface area contributed by atoms with Gasteiger partial charge < -0.3 is 24.5 Å². The van der Waals surface area contributed by atoms with Crippen molar-refractivity contribution in [2.24, 2.45) is 0 Å². The van der Waals surface area contributed by atoms with Crippen molar-refractivity contribution in [3.8, 4) is 5.75 Å². The van der Waals surface area contributed by atoms with Gasteiger partial charge in [-0.3, -0.25) is 9.59 Å². The van der Waals surface area contributed by atoms with E-state index in [4.69, 9.17) is 13.9 Å². The zero-order valence-corrected chi connectivity index (χ0v) is 16.7. The molecule has 0 atom stereocenters. The maximum absolute atomic E-state index is 12.2. The van der Waals surface area contributed by atoms with E-state index in [1.165, 1.54) is 0 Å². The van der Waals surface area contributed by atoms with E-state index in [-0.39, 0.29) is 18.4 Å². The van der Waals surface area contributed by atoms with Gasteiger partial charge in [-0.1, -0.05) is 12.1 Å². The molecule has 0 aliphatic carbocycles. The molecule has 0 unspecified atom stereocenters. The molecule has 30 heavy (non-hydrogen) atoms. The van der Waals surface area contributed by atoms with Gasteiger partial charge in [0.1, 0.15) is 18.1 Å². The van der Waals surface area contributed by atoms with E-state index in [1.54, 1.807) is 36.6 Å². The van der Waals surface area contributed by atoms with Gasteiger partial charge in [0.05, 0.1) is 26.0 Å². The monoisotopic (exact) mass is 408 g/mol. The van der Waals surface area contributed by atoms with Gasteiger partial charge in [-0.2, -0.15) is 0 Å². The Morgan fingerprint density at radius 3 is 2.57 bits per heavy atom. The molecule has 2 amide bonds. The average Bonchev–Trinajstić information content (AvgIpc) is 3.27. The van der Waals surface area contributed by atoms with Gasteiger partial charge in [-0.05, 0) is 61.0 Å². The van der Waals surface area contributed by atoms with Gasteiger partial charge in [-0.25, -0.2) is 0 Å². The Morgan fingerprint density at radius 2 is 1.83 bits per heavy atom. The fourth-order valence-corrected chi connectivity index (χ4v) is 2.74. The largest absolute Gasteiger partial charge is 0.494 e. The van der Waals surface area contributed by atoms with Gasteiger partial charge in [0, 0.05) is 11.3 Å². The van der Waals surface area contributed by atoms with Gasteiger partial charge in [0.25, 0.3) is 5.91 Å². The quantitative estimate of drug-likeness (QED) is 0.533. The van der Waals surface area contributed by atoms with Crippen molar-refractivity contribution in [3.63, 3.8) is 0 Å². The number of rotatable bonds is 10. The third-order valence-electron chi connectivity index (χ3n) is 4.14. The van der Waals surface area contributed by atoms with Crippen LogP contribution in [0.1, 0.15) is 28.6 Å². The molecular weight excluding hydrogens is 384 g/mol. The molecule has 0 saturated heterocycles. The molecule has 156 valence electrons. The number of benzene rings is 2. The summed E-state index contributed by atoms with van der Waals surface area (Å²) in [6.45, 7) is 3.08. The normalized spacial score (nSPS) is 10.4. The Kier molecular flexibility index (Phi) is 7.63. The third kappa shape index (κ3) is 6.49. The Morgan fingerprint density at radius 1 is 1.00 bits per heavy atom. The first-order valence-corrected chi connectivity index (χ1v) is 9.64. The predicted octanol–water partition coefficient (Wildman–Crippen LogP) is 3.76. The molecule has 0 radical (unpaired) electrons. The Balaban J connectivity index is 1.44. The minimum atomic E-state index is -0.326. The standard InChI is InChI=1S/C23H24N2O5/c1-2-29-20-10-8-18(9-11-20)23(27)24-14-22(26)25-19-6-3-5-17(13-19)15-28-16-21-7-4-12-30-21/h3-13H,2,14-16H2,1H3,(H,24,27)(H,25,26). The van der Waals surface area contributed by atoms with Crippen molar-refractivity contribution in [1.29, 1.82) is 0 Å². The molecule has 2 N–H and O–H groups in total. The second kappa shape index (κ2) is 10.8. The molecular formula is C23H24N2O5. The van der Waals surface area contributed by atoms with Gasteiger partial charge in [0.2, 0.25) is 5.91 Å². The lowest BCUT2D eigenvalue weighted by Crippen LogP contribution is -2.32. The highest BCUT2D eigenvalue weighted by Gasteiger charge is 2.09. The minimum Gasteiger partial charge on any atom is -0.494 e. The molecule has 0 spiro atoms. The van der Waals surface area contributed by atoms with Crippen molar-refractivity contribution >= 4 is 17.5 Å². The first-order chi connectivity index (χ1) is 14.6. The van der Waals surface area contributed by atoms with E-state index in [0.717, 1.165) is 11.3 Å². The number of amides is 2. The Labute approximate surface area is 175 Å². The Bertz CT molecular complexity index is 952. The van der Waals surface area contributed by atoms with E-state index in [1.807, 2.05) is 37.3 Å². The van der Waals surface area contributed by atoms with E-state index in [0.29, 0.717) is 36.8 Å². The second-order valence-corrected chi connectivity index (χ2v) is 6.46. The molecule has 0 saturated carbocycles. The number of furan rings is 1. The van der Waals surface area contributed by atoms with Crippen LogP contribution in [-0.4, -0.2) is 25.0 Å². The zero-order valence-electron chi connectivity index (χ0n) is 16.7. The lowest BCUT2D eigenvalue weighted by molar-refractivity contribution is -0.115. The van der Waals surface area contributed by atoms with E-state index in [9.17, 15) is 9.59 Å². The van der Waals surface area contributed by atoms with Crippen LogP contribution in [0.2, 0.25) is 0 Å². The molecule has 0 aliphatic rings. The summed E-state index contributed by atoms with van der Waals surface area (Å²) in [6.07, 6.45) is 1.60. The summed E-state index contributed by atoms with van der Waals surface area (Å²) in [5.74, 6) is 0.804. The van der Waals surface area contributed by atoms with Crippen LogP contribution < -0.4 is 15.4 Å². The molecule has 3 rings (SSSR count). The van der Waals surface area contributed by atoms with Crippen molar-refractivity contribution in [3.05, 3.63) is 83.8 Å². The lowest BCUT2D eigenvalue weighted by atomic mass is 10.2. The highest BCUT2D eigenvalue weighted by Crippen LogP contribution is 2.14. The summed E-state index contributed by atoms with van der Waals surface area (Å²) in [6, 6.07) is 17.8. The molecule has 0 bridgehead atoms. The van der Waals surface area contributed by atoms with Crippen molar-refractivity contribution in [2.45, 2.75) is 20.1 Å². The molecule has 1 heterocycles. The maximum atomic E-state index is 12.2. The summed E-state index contributed by atoms with van der Waals surface area (Å²) < 4.78 is 16.2. The first kappa shape index (κ1) is 21.1. The molecule has 2 aromatic carbocycles. The fraction of sp³-hybridized carbons (Fsp3) is 0.217. The van der Waals surface area contributed by atoms with Crippen LogP contribution in [0.3, 0.4) is 0 Å². The highest BCUT2D eigenvalue weighted by atomic mass is 16.5. The van der Waals surface area contributed by atoms with Crippen LogP contribution in [0.15, 0.2) is 71.3 Å². The lowest BCUT2D eigenvalue weighted by Gasteiger charge is -2.09. The van der Waals surface area contributed by atoms with Crippen molar-refractivity contribution < 1.29 is 23.5 Å². The van der Waals surface area contributed by atoms with Crippen LogP contribution >= 0.6 is 0 Å². The molecule has 7 nitrogen and oxygen atoms in total. The molecule has 1 aromatic heterocycles. The van der Waals surface area contributed by atoms with Crippen LogP contribution in [0.25, 0.3) is 0 Å². The Hall–Kier alpha value is -3.58. The van der Waals surface area contributed by atoms with Gasteiger partial charge in [-0.15, -0.1) is 0 Å². The van der Waals surface area contributed by atoms with Crippen LogP contribution in [0.4, 0.5) is 5.69 Å². The van der Waals surface area contributed by atoms with E-state index < -0.39 is 0 Å². The fourth-order valence-electron chi connectivity index (χ4n) is 2.74. The summed E-state index contributed by atoms with van der Waals surface area (Å²) >= 11 is 0. The number of anilines is 1. The minimum absolute atomic E-state index is 0.134. The highest BCUT2D eigenvalue weighted by molar-refractivity contribution is 5.99. The summed E-state index contributed by atoms with van der Waals surface area (Å²) in [5.41, 5.74) is 2.01. The topological polar surface area (TPSA) is 89.8 Å². The number of hydrogen-bond acceptors (Lipinski definition) is 5. The summed E-state index contributed by atoms with van der Waals surface area (Å²) in [4.78, 5) is 24.4. The van der Waals surface area contributed by atoms with Crippen LogP contribution in [0.5, 0.6) is 5.75 Å². The SMILES string of the molecule is CCOc1ccc(C(=O)NCC(=O)Nc2cccc(COCc3ccco3)c2)cc1. The first-order valence-electron chi connectivity index (χ1n) is 9.64. The average molecular weight is 408 g/mol. The third-order valence-corrected chi connectivity index (χ3v) is 4.14. The van der Waals surface area contributed by atoms with Gasteiger partial charge >= 0.3 is 0 Å². The van der Waals surface area contributed by atoms with E-state index in [2.05, 4.69) is 10.6 Å². The smallest absolute Gasteiger partial charge is 0.251 e. The van der Waals surface area contributed by atoms with Crippen LogP contribution in [0, 0.1) is 0 Å². The van der Waals surface area contributed by atoms with E-state index >= 15 is 0 Å². The number of nitrogens with one attached hydrogen (secondary N) is 2. The van der Waals surface area contributed by atoms with Crippen molar-refractivity contribution in [1.82, 2.24) is 5.32 Å². The zero-order chi connectivity index (χ0) is 21.2. The number of hydrogen-bond donors (Lipinski definition) is 2. The number of ether oxygens (including phenoxy) is 2. The predicted molar refractivity (Wildman–Crippen MR) is 112 cm³/mol. The summed E-state index contributed by atoms with van der Waals surface area (Å²) in [7, 11) is 0. The molecule has 0 fully saturated rings. The second-order valence-electron chi connectivity index (χ2n) is 6.46. The van der Waals surface area contributed by atoms with Crippen LogP contribution in [-0.2, 0) is 22.7 Å². The molecule has 0 aliphatic heterocycles. The summed E-state index contributed by atoms with van der Waals surface area (Å²) in [5, 5.41) is 5.38. The number of carbonyl (C=O) groups is 2. The molecule has 7 heteroatoms. The van der Waals surface area contributed by atoms with Gasteiger partial charge in [0.15, 0.2) is 0 Å². The molecule has 3 aromatic rings. The van der Waals surface area contributed by atoms with Crippen molar-refractivity contribution in [2.75, 3.05) is 18.5 Å². The number of carbonyl (C=O) groups excluding carboxylic acids is 2. The maximum Gasteiger partial charge on any atom is 0.251 e.